The van der Waals surface area contributed by atoms with E-state index in [9.17, 15) is 14.3 Å². The van der Waals surface area contributed by atoms with Gasteiger partial charge in [-0.1, -0.05) is 24.6 Å². The fourth-order valence-corrected chi connectivity index (χ4v) is 4.17. The molecule has 4 nitrogen and oxygen atoms in total. The Morgan fingerprint density at radius 1 is 1.34 bits per heavy atom. The van der Waals surface area contributed by atoms with Gasteiger partial charge in [0.05, 0.1) is 16.1 Å². The summed E-state index contributed by atoms with van der Waals surface area (Å²) < 4.78 is 20.1. The van der Waals surface area contributed by atoms with Crippen LogP contribution in [-0.2, 0) is 6.54 Å². The van der Waals surface area contributed by atoms with Crippen LogP contribution >= 0.6 is 11.6 Å². The predicted octanol–water partition coefficient (Wildman–Crippen LogP) is 5.34. The highest BCUT2D eigenvalue weighted by Crippen LogP contribution is 2.43. The Balaban J connectivity index is 1.71. The van der Waals surface area contributed by atoms with Gasteiger partial charge in [-0.3, -0.25) is 9.69 Å². The van der Waals surface area contributed by atoms with Gasteiger partial charge in [-0.2, -0.15) is 0 Å². The minimum absolute atomic E-state index is 0.00853. The van der Waals surface area contributed by atoms with Crippen molar-refractivity contribution in [3.05, 3.63) is 63.1 Å². The average Bonchev–Trinajstić information content (AvgIpc) is 3.00. The number of ketones is 1. The fraction of sp³-hybridized carbons (Fsp3) is 0.348. The van der Waals surface area contributed by atoms with Crippen LogP contribution in [0.15, 0.2) is 30.0 Å². The summed E-state index contributed by atoms with van der Waals surface area (Å²) in [6.07, 6.45) is 3.54. The van der Waals surface area contributed by atoms with E-state index in [1.54, 1.807) is 19.1 Å². The minimum Gasteiger partial charge on any atom is -0.507 e. The van der Waals surface area contributed by atoms with Gasteiger partial charge in [0.25, 0.3) is 0 Å². The second-order valence-corrected chi connectivity index (χ2v) is 8.34. The maximum absolute atomic E-state index is 14.2. The number of aromatic hydroxyl groups is 1. The quantitative estimate of drug-likeness (QED) is 0.687. The molecule has 0 aliphatic carbocycles. The Morgan fingerprint density at radius 3 is 2.76 bits per heavy atom. The number of fused-ring (bicyclic) bond motifs is 1. The molecule has 1 fully saturated rings. The summed E-state index contributed by atoms with van der Waals surface area (Å²) in [5.41, 5.74) is 1.75. The molecule has 4 rings (SSSR count). The molecular formula is C23H23ClFNO3. The number of rotatable bonds is 3. The number of allylic oxidation sites excluding steroid dienone is 1. The first-order chi connectivity index (χ1) is 13.8. The van der Waals surface area contributed by atoms with Crippen molar-refractivity contribution >= 4 is 23.5 Å². The molecule has 2 aliphatic rings. The molecule has 2 aliphatic heterocycles. The van der Waals surface area contributed by atoms with Crippen LogP contribution in [0.2, 0.25) is 5.02 Å². The SMILES string of the molecule is Cc1cc(O)c(CN2CCC(C)CC2)c2c1C(=O)/C(=C/c1c(F)cccc1Cl)O2. The Hall–Kier alpha value is -2.37. The summed E-state index contributed by atoms with van der Waals surface area (Å²) in [7, 11) is 0. The van der Waals surface area contributed by atoms with E-state index in [1.807, 2.05) is 0 Å². The summed E-state index contributed by atoms with van der Waals surface area (Å²) >= 11 is 6.10. The lowest BCUT2D eigenvalue weighted by atomic mass is 9.96. The first-order valence-electron chi connectivity index (χ1n) is 9.81. The van der Waals surface area contributed by atoms with Crippen molar-refractivity contribution in [3.8, 4) is 11.5 Å². The Kier molecular flexibility index (Phi) is 5.36. The summed E-state index contributed by atoms with van der Waals surface area (Å²) in [6.45, 7) is 6.37. The van der Waals surface area contributed by atoms with Crippen molar-refractivity contribution in [1.82, 2.24) is 4.90 Å². The molecule has 29 heavy (non-hydrogen) atoms. The number of benzene rings is 2. The number of carbonyl (C=O) groups excluding carboxylic acids is 1. The van der Waals surface area contributed by atoms with Crippen LogP contribution in [0.1, 0.15) is 46.8 Å². The van der Waals surface area contributed by atoms with Crippen molar-refractivity contribution in [2.75, 3.05) is 13.1 Å². The zero-order chi connectivity index (χ0) is 20.7. The molecule has 0 bridgehead atoms. The molecule has 2 heterocycles. The molecule has 2 aromatic rings. The summed E-state index contributed by atoms with van der Waals surface area (Å²) in [5.74, 6) is 0.322. The van der Waals surface area contributed by atoms with E-state index < -0.39 is 5.82 Å². The van der Waals surface area contributed by atoms with Gasteiger partial charge >= 0.3 is 0 Å². The molecule has 0 unspecified atom stereocenters. The number of phenolic OH excluding ortho intramolecular Hbond substituents is 1. The van der Waals surface area contributed by atoms with Gasteiger partial charge in [-0.15, -0.1) is 0 Å². The van der Waals surface area contributed by atoms with Gasteiger partial charge in [0.1, 0.15) is 17.3 Å². The zero-order valence-corrected chi connectivity index (χ0v) is 17.2. The molecule has 2 aromatic carbocycles. The first kappa shape index (κ1) is 19.9. The van der Waals surface area contributed by atoms with E-state index in [0.29, 0.717) is 34.9 Å². The molecule has 1 N–H and O–H groups in total. The van der Waals surface area contributed by atoms with Crippen LogP contribution in [-0.4, -0.2) is 28.9 Å². The average molecular weight is 416 g/mol. The highest BCUT2D eigenvalue weighted by molar-refractivity contribution is 6.32. The largest absolute Gasteiger partial charge is 0.507 e. The highest BCUT2D eigenvalue weighted by atomic mass is 35.5. The Bertz CT molecular complexity index is 989. The molecule has 152 valence electrons. The molecule has 0 atom stereocenters. The van der Waals surface area contributed by atoms with E-state index in [0.717, 1.165) is 25.9 Å². The van der Waals surface area contributed by atoms with Gasteiger partial charge < -0.3 is 9.84 Å². The van der Waals surface area contributed by atoms with Crippen LogP contribution < -0.4 is 4.74 Å². The fourth-order valence-electron chi connectivity index (χ4n) is 3.96. The number of nitrogens with zero attached hydrogens (tertiary/aromatic N) is 1. The van der Waals surface area contributed by atoms with Gasteiger partial charge in [0, 0.05) is 12.1 Å². The predicted molar refractivity (Wildman–Crippen MR) is 111 cm³/mol. The third kappa shape index (κ3) is 3.77. The van der Waals surface area contributed by atoms with E-state index in [4.69, 9.17) is 16.3 Å². The Morgan fingerprint density at radius 2 is 2.07 bits per heavy atom. The third-order valence-corrected chi connectivity index (χ3v) is 6.08. The van der Waals surface area contributed by atoms with E-state index in [-0.39, 0.29) is 27.9 Å². The summed E-state index contributed by atoms with van der Waals surface area (Å²) in [4.78, 5) is 15.2. The smallest absolute Gasteiger partial charge is 0.232 e. The number of likely N-dealkylation sites (tertiary alicyclic amines) is 1. The standard InChI is InChI=1S/C23H23ClFNO3/c1-13-6-8-26(9-7-13)12-16-19(27)10-14(2)21-22(28)20(29-23(16)21)11-15-17(24)4-3-5-18(15)25/h3-5,10-11,13,27H,6-9,12H2,1-2H3/b20-11-. The Labute approximate surface area is 174 Å². The van der Waals surface area contributed by atoms with Crippen LogP contribution in [0.3, 0.4) is 0 Å². The summed E-state index contributed by atoms with van der Waals surface area (Å²) in [6, 6.07) is 5.95. The lowest BCUT2D eigenvalue weighted by Crippen LogP contribution is -2.32. The zero-order valence-electron chi connectivity index (χ0n) is 16.5. The lowest BCUT2D eigenvalue weighted by molar-refractivity contribution is 0.101. The van der Waals surface area contributed by atoms with Crippen molar-refractivity contribution < 1.29 is 19.0 Å². The molecule has 1 saturated heterocycles. The number of hydrogen-bond donors (Lipinski definition) is 1. The topological polar surface area (TPSA) is 49.8 Å². The van der Waals surface area contributed by atoms with E-state index >= 15 is 0 Å². The van der Waals surface area contributed by atoms with Crippen molar-refractivity contribution in [1.29, 1.82) is 0 Å². The first-order valence-corrected chi connectivity index (χ1v) is 10.2. The monoisotopic (exact) mass is 415 g/mol. The normalized spacial score (nSPS) is 18.9. The molecule has 0 radical (unpaired) electrons. The van der Waals surface area contributed by atoms with Gasteiger partial charge in [0.15, 0.2) is 5.76 Å². The maximum atomic E-state index is 14.2. The van der Waals surface area contributed by atoms with Crippen LogP contribution in [0.5, 0.6) is 11.5 Å². The summed E-state index contributed by atoms with van der Waals surface area (Å²) in [5, 5.41) is 10.8. The number of ether oxygens (including phenoxy) is 1. The second-order valence-electron chi connectivity index (χ2n) is 7.93. The minimum atomic E-state index is -0.528. The second kappa shape index (κ2) is 7.81. The number of phenols is 1. The van der Waals surface area contributed by atoms with Crippen LogP contribution in [0.4, 0.5) is 4.39 Å². The van der Waals surface area contributed by atoms with Gasteiger partial charge in [-0.25, -0.2) is 4.39 Å². The molecule has 0 saturated carbocycles. The number of hydrogen-bond acceptors (Lipinski definition) is 4. The molecule has 0 spiro atoms. The molecule has 0 aromatic heterocycles. The van der Waals surface area contributed by atoms with Crippen molar-refractivity contribution in [2.45, 2.75) is 33.2 Å². The highest BCUT2D eigenvalue weighted by Gasteiger charge is 2.34. The third-order valence-electron chi connectivity index (χ3n) is 5.75. The van der Waals surface area contributed by atoms with Crippen LogP contribution in [0, 0.1) is 18.7 Å². The molecule has 0 amide bonds. The molecular weight excluding hydrogens is 393 g/mol. The molecule has 6 heteroatoms. The van der Waals surface area contributed by atoms with E-state index in [1.165, 1.54) is 18.2 Å². The maximum Gasteiger partial charge on any atom is 0.232 e. The number of halogens is 2. The lowest BCUT2D eigenvalue weighted by Gasteiger charge is -2.30. The van der Waals surface area contributed by atoms with Gasteiger partial charge in [0.2, 0.25) is 5.78 Å². The van der Waals surface area contributed by atoms with Crippen molar-refractivity contribution in [2.24, 2.45) is 5.92 Å². The number of piperidine rings is 1. The number of aryl methyl sites for hydroxylation is 1. The van der Waals surface area contributed by atoms with E-state index in [2.05, 4.69) is 11.8 Å². The number of Topliss-reactive ketones (excluding diaryl/α,β-unsaturated/α-hetero) is 1. The number of carbonyl (C=O) groups is 1. The van der Waals surface area contributed by atoms with Crippen molar-refractivity contribution in [3.63, 3.8) is 0 Å². The van der Waals surface area contributed by atoms with Gasteiger partial charge in [-0.05, 0) is 68.6 Å². The van der Waals surface area contributed by atoms with Crippen LogP contribution in [0.25, 0.3) is 6.08 Å².